The van der Waals surface area contributed by atoms with Gasteiger partial charge in [0.2, 0.25) is 0 Å². The molecule has 2 heterocycles. The number of hydrogen-bond acceptors (Lipinski definition) is 4. The molecular formula is C16H22N4O. The number of piperazine rings is 1. The standard InChI is InChI=1S/C16H22N4O/c1-19-11-14(12-20-8-6-17-7-9-20)16(18-19)13-4-3-5-15(10-13)21-2/h3-5,10-11,17H,6-9,12H2,1-2H3. The highest BCUT2D eigenvalue weighted by molar-refractivity contribution is 5.64. The molecule has 1 aromatic heterocycles. The molecule has 1 aliphatic heterocycles. The Bertz CT molecular complexity index is 602. The van der Waals surface area contributed by atoms with E-state index in [2.05, 4.69) is 27.6 Å². The van der Waals surface area contributed by atoms with Gasteiger partial charge in [-0.25, -0.2) is 0 Å². The highest BCUT2D eigenvalue weighted by atomic mass is 16.5. The third-order valence-corrected chi connectivity index (χ3v) is 3.85. The molecule has 0 aliphatic carbocycles. The van der Waals surface area contributed by atoms with Gasteiger partial charge in [0.1, 0.15) is 5.75 Å². The maximum absolute atomic E-state index is 5.32. The fourth-order valence-corrected chi connectivity index (χ4v) is 2.78. The summed E-state index contributed by atoms with van der Waals surface area (Å²) in [5.74, 6) is 0.867. The van der Waals surface area contributed by atoms with Gasteiger partial charge < -0.3 is 10.1 Å². The molecule has 21 heavy (non-hydrogen) atoms. The van der Waals surface area contributed by atoms with Gasteiger partial charge in [0.25, 0.3) is 0 Å². The van der Waals surface area contributed by atoms with Crippen LogP contribution in [0.25, 0.3) is 11.3 Å². The molecule has 2 aromatic rings. The summed E-state index contributed by atoms with van der Waals surface area (Å²) in [6, 6.07) is 8.11. The lowest BCUT2D eigenvalue weighted by atomic mass is 10.1. The van der Waals surface area contributed by atoms with Crippen molar-refractivity contribution in [2.45, 2.75) is 6.54 Å². The Balaban J connectivity index is 1.87. The van der Waals surface area contributed by atoms with E-state index in [4.69, 9.17) is 4.74 Å². The first-order chi connectivity index (χ1) is 10.3. The molecule has 0 bridgehead atoms. The number of ether oxygens (including phenoxy) is 1. The Morgan fingerprint density at radius 3 is 2.86 bits per heavy atom. The Morgan fingerprint density at radius 2 is 2.10 bits per heavy atom. The Kier molecular flexibility index (Phi) is 4.22. The van der Waals surface area contributed by atoms with E-state index in [0.29, 0.717) is 0 Å². The minimum Gasteiger partial charge on any atom is -0.497 e. The number of hydrogen-bond donors (Lipinski definition) is 1. The summed E-state index contributed by atoms with van der Waals surface area (Å²) >= 11 is 0. The van der Waals surface area contributed by atoms with Gasteiger partial charge in [0, 0.05) is 57.1 Å². The second kappa shape index (κ2) is 6.28. The quantitative estimate of drug-likeness (QED) is 0.925. The molecule has 0 atom stereocenters. The molecule has 1 aromatic carbocycles. The predicted molar refractivity (Wildman–Crippen MR) is 83.3 cm³/mol. The van der Waals surface area contributed by atoms with Crippen molar-refractivity contribution in [3.8, 4) is 17.0 Å². The highest BCUT2D eigenvalue weighted by Gasteiger charge is 2.16. The number of nitrogens with one attached hydrogen (secondary N) is 1. The summed E-state index contributed by atoms with van der Waals surface area (Å²) in [6.07, 6.45) is 2.12. The van der Waals surface area contributed by atoms with Crippen LogP contribution in [0.3, 0.4) is 0 Å². The van der Waals surface area contributed by atoms with E-state index in [0.717, 1.165) is 49.7 Å². The van der Waals surface area contributed by atoms with Crippen LogP contribution in [0.15, 0.2) is 30.5 Å². The number of nitrogens with zero attached hydrogens (tertiary/aromatic N) is 3. The van der Waals surface area contributed by atoms with Crippen LogP contribution < -0.4 is 10.1 Å². The van der Waals surface area contributed by atoms with Crippen LogP contribution in [0, 0.1) is 0 Å². The van der Waals surface area contributed by atoms with Gasteiger partial charge in [0.15, 0.2) is 0 Å². The first kappa shape index (κ1) is 14.1. The SMILES string of the molecule is COc1cccc(-c2nn(C)cc2CN2CCNCC2)c1. The zero-order valence-electron chi connectivity index (χ0n) is 12.7. The van der Waals surface area contributed by atoms with Gasteiger partial charge in [-0.1, -0.05) is 12.1 Å². The zero-order valence-corrected chi connectivity index (χ0v) is 12.7. The molecule has 5 nitrogen and oxygen atoms in total. The number of benzene rings is 1. The van der Waals surface area contributed by atoms with E-state index in [-0.39, 0.29) is 0 Å². The van der Waals surface area contributed by atoms with E-state index in [1.54, 1.807) is 7.11 Å². The average molecular weight is 286 g/mol. The van der Waals surface area contributed by atoms with Crippen LogP contribution in [0.4, 0.5) is 0 Å². The van der Waals surface area contributed by atoms with Crippen molar-refractivity contribution in [3.05, 3.63) is 36.0 Å². The maximum atomic E-state index is 5.32. The van der Waals surface area contributed by atoms with Crippen molar-refractivity contribution in [1.82, 2.24) is 20.0 Å². The zero-order chi connectivity index (χ0) is 14.7. The van der Waals surface area contributed by atoms with Gasteiger partial charge in [0.05, 0.1) is 12.8 Å². The lowest BCUT2D eigenvalue weighted by molar-refractivity contribution is 0.233. The molecule has 112 valence electrons. The van der Waals surface area contributed by atoms with Crippen molar-refractivity contribution in [2.75, 3.05) is 33.3 Å². The molecule has 0 spiro atoms. The second-order valence-corrected chi connectivity index (χ2v) is 5.43. The molecule has 1 N–H and O–H groups in total. The van der Waals surface area contributed by atoms with Gasteiger partial charge in [-0.05, 0) is 12.1 Å². The lowest BCUT2D eigenvalue weighted by Crippen LogP contribution is -2.42. The first-order valence-corrected chi connectivity index (χ1v) is 7.36. The van der Waals surface area contributed by atoms with Crippen LogP contribution in [0.2, 0.25) is 0 Å². The minimum atomic E-state index is 0.867. The molecule has 0 unspecified atom stereocenters. The summed E-state index contributed by atoms with van der Waals surface area (Å²) in [5, 5.41) is 8.03. The second-order valence-electron chi connectivity index (χ2n) is 5.43. The van der Waals surface area contributed by atoms with E-state index >= 15 is 0 Å². The molecule has 1 fully saturated rings. The van der Waals surface area contributed by atoms with Gasteiger partial charge in [-0.3, -0.25) is 9.58 Å². The van der Waals surface area contributed by atoms with Crippen LogP contribution in [-0.2, 0) is 13.6 Å². The number of methoxy groups -OCH3 is 1. The summed E-state index contributed by atoms with van der Waals surface area (Å²) in [5.41, 5.74) is 3.43. The number of aromatic nitrogens is 2. The van der Waals surface area contributed by atoms with Crippen LogP contribution in [0.1, 0.15) is 5.56 Å². The third kappa shape index (κ3) is 3.25. The normalized spacial score (nSPS) is 16.1. The summed E-state index contributed by atoms with van der Waals surface area (Å²) in [4.78, 5) is 2.47. The Labute approximate surface area is 125 Å². The van der Waals surface area contributed by atoms with E-state index in [1.807, 2.05) is 29.9 Å². The van der Waals surface area contributed by atoms with Gasteiger partial charge in [-0.15, -0.1) is 0 Å². The lowest BCUT2D eigenvalue weighted by Gasteiger charge is -2.27. The van der Waals surface area contributed by atoms with Gasteiger partial charge >= 0.3 is 0 Å². The maximum Gasteiger partial charge on any atom is 0.119 e. The summed E-state index contributed by atoms with van der Waals surface area (Å²) in [7, 11) is 3.67. The average Bonchev–Trinajstić information content (AvgIpc) is 2.89. The van der Waals surface area contributed by atoms with E-state index in [1.165, 1.54) is 5.56 Å². The molecule has 0 saturated carbocycles. The molecular weight excluding hydrogens is 264 g/mol. The molecule has 1 saturated heterocycles. The first-order valence-electron chi connectivity index (χ1n) is 7.36. The van der Waals surface area contributed by atoms with Crippen LogP contribution in [-0.4, -0.2) is 48.0 Å². The molecule has 0 radical (unpaired) electrons. The van der Waals surface area contributed by atoms with Gasteiger partial charge in [-0.2, -0.15) is 5.10 Å². The van der Waals surface area contributed by atoms with Crippen molar-refractivity contribution in [3.63, 3.8) is 0 Å². The summed E-state index contributed by atoms with van der Waals surface area (Å²) in [6.45, 7) is 5.25. The fourth-order valence-electron chi connectivity index (χ4n) is 2.78. The monoisotopic (exact) mass is 286 g/mol. The fraction of sp³-hybridized carbons (Fsp3) is 0.438. The van der Waals surface area contributed by atoms with E-state index < -0.39 is 0 Å². The van der Waals surface area contributed by atoms with Crippen molar-refractivity contribution in [2.24, 2.45) is 7.05 Å². The minimum absolute atomic E-state index is 0.867. The molecule has 3 rings (SSSR count). The Morgan fingerprint density at radius 1 is 1.29 bits per heavy atom. The Hall–Kier alpha value is -1.85. The van der Waals surface area contributed by atoms with Crippen molar-refractivity contribution < 1.29 is 4.74 Å². The van der Waals surface area contributed by atoms with Crippen LogP contribution >= 0.6 is 0 Å². The molecule has 0 amide bonds. The number of aryl methyl sites for hydroxylation is 1. The summed E-state index contributed by atoms with van der Waals surface area (Å²) < 4.78 is 7.21. The topological polar surface area (TPSA) is 42.3 Å². The molecule has 5 heteroatoms. The van der Waals surface area contributed by atoms with E-state index in [9.17, 15) is 0 Å². The van der Waals surface area contributed by atoms with Crippen molar-refractivity contribution >= 4 is 0 Å². The highest BCUT2D eigenvalue weighted by Crippen LogP contribution is 2.26. The third-order valence-electron chi connectivity index (χ3n) is 3.85. The predicted octanol–water partition coefficient (Wildman–Crippen LogP) is 1.50. The number of rotatable bonds is 4. The molecule has 1 aliphatic rings. The smallest absolute Gasteiger partial charge is 0.119 e. The largest absolute Gasteiger partial charge is 0.497 e. The van der Waals surface area contributed by atoms with Crippen LogP contribution in [0.5, 0.6) is 5.75 Å². The van der Waals surface area contributed by atoms with Crippen molar-refractivity contribution in [1.29, 1.82) is 0 Å².